The van der Waals surface area contributed by atoms with Crippen molar-refractivity contribution in [2.24, 2.45) is 0 Å². The average molecular weight is 686 g/mol. The third kappa shape index (κ3) is 4.69. The maximum atomic E-state index is 7.11. The monoisotopic (exact) mass is 685 g/mol. The zero-order valence-electron chi connectivity index (χ0n) is 28.1. The Morgan fingerprint density at radius 3 is 2.02 bits per heavy atom. The highest BCUT2D eigenvalue weighted by Crippen LogP contribution is 2.41. The Labute approximate surface area is 302 Å². The highest BCUT2D eigenvalue weighted by molar-refractivity contribution is 7.20. The van der Waals surface area contributed by atoms with E-state index in [1.807, 2.05) is 66.9 Å². The average Bonchev–Trinajstić information content (AvgIpc) is 3.56. The highest BCUT2D eigenvalue weighted by Gasteiger charge is 2.48. The van der Waals surface area contributed by atoms with Gasteiger partial charge in [0.05, 0.1) is 16.9 Å². The normalized spacial score (nSPS) is 12.9. The van der Waals surface area contributed by atoms with Gasteiger partial charge < -0.3 is 9.47 Å². The Hall–Kier alpha value is -6.76. The van der Waals surface area contributed by atoms with E-state index in [0.717, 1.165) is 61.9 Å². The topological polar surface area (TPSA) is 49.2 Å². The summed E-state index contributed by atoms with van der Waals surface area (Å²) in [7, 11) is -2.85. The third-order valence-electron chi connectivity index (χ3n) is 10.1. The molecule has 52 heavy (non-hydrogen) atoms. The molecular weight excluding hydrogens is 655 g/mol. The second kappa shape index (κ2) is 12.2. The molecule has 0 amide bonds. The second-order valence-corrected chi connectivity index (χ2v) is 16.7. The molecule has 1 aliphatic rings. The van der Waals surface area contributed by atoms with Gasteiger partial charge in [-0.15, -0.1) is 0 Å². The summed E-state index contributed by atoms with van der Waals surface area (Å²) in [5.74, 6) is 3.20. The van der Waals surface area contributed by atoms with E-state index in [0.29, 0.717) is 0 Å². The van der Waals surface area contributed by atoms with Crippen LogP contribution in [0.2, 0.25) is 0 Å². The first-order chi connectivity index (χ1) is 25.8. The number of rotatable bonds is 6. The van der Waals surface area contributed by atoms with Crippen LogP contribution < -0.4 is 30.2 Å². The molecule has 246 valence electrons. The summed E-state index contributed by atoms with van der Waals surface area (Å²) in [5, 5.41) is 7.20. The Kier molecular flexibility index (Phi) is 7.08. The molecule has 6 heteroatoms. The number of pyridine rings is 2. The van der Waals surface area contributed by atoms with Crippen LogP contribution in [0.5, 0.6) is 23.0 Å². The van der Waals surface area contributed by atoms with Gasteiger partial charge in [0.2, 0.25) is 0 Å². The highest BCUT2D eigenvalue weighted by atomic mass is 28.3. The van der Waals surface area contributed by atoms with Crippen LogP contribution >= 0.6 is 0 Å². The van der Waals surface area contributed by atoms with E-state index in [9.17, 15) is 0 Å². The fourth-order valence-electron chi connectivity index (χ4n) is 7.91. The lowest BCUT2D eigenvalue weighted by Crippen LogP contribution is -2.76. The summed E-state index contributed by atoms with van der Waals surface area (Å²) in [5.41, 5.74) is 4.66. The summed E-state index contributed by atoms with van der Waals surface area (Å²) >= 11 is 0. The fourth-order valence-corrected chi connectivity index (χ4v) is 12.9. The van der Waals surface area contributed by atoms with Gasteiger partial charge in [-0.3, -0.25) is 9.55 Å². The lowest BCUT2D eigenvalue weighted by molar-refractivity contribution is 0.482. The van der Waals surface area contributed by atoms with Crippen molar-refractivity contribution in [2.45, 2.75) is 0 Å². The zero-order valence-corrected chi connectivity index (χ0v) is 29.1. The van der Waals surface area contributed by atoms with E-state index in [1.165, 1.54) is 20.7 Å². The van der Waals surface area contributed by atoms with Crippen LogP contribution in [-0.2, 0) is 0 Å². The second-order valence-electron chi connectivity index (χ2n) is 13.0. The maximum Gasteiger partial charge on any atom is 0.188 e. The molecule has 0 fully saturated rings. The molecule has 5 nitrogen and oxygen atoms in total. The zero-order chi connectivity index (χ0) is 34.5. The van der Waals surface area contributed by atoms with Gasteiger partial charge in [-0.2, -0.15) is 0 Å². The standard InChI is InChI=1S/C46H31N3O2Si/c1-3-18-36(19-4-1)52(37-20-5-2-6-21-37)42-25-8-7-24-41(42)51-45-43(52)27-26-38-39-22-13-29-48-46(39)49(44(38)45)33-15-12-17-35(31-33)50-34-16-11-14-32(30-34)40-23-9-10-28-47-40/h1-31H. The van der Waals surface area contributed by atoms with Crippen LogP contribution in [0, 0.1) is 0 Å². The predicted octanol–water partition coefficient (Wildman–Crippen LogP) is 8.52. The summed E-state index contributed by atoms with van der Waals surface area (Å²) in [4.78, 5) is 9.50. The number of fused-ring (bicyclic) bond motifs is 6. The lowest BCUT2D eigenvalue weighted by atomic mass is 10.1. The van der Waals surface area contributed by atoms with Gasteiger partial charge in [0.15, 0.2) is 13.8 Å². The van der Waals surface area contributed by atoms with Gasteiger partial charge in [-0.05, 0) is 75.3 Å². The molecule has 0 N–H and O–H groups in total. The van der Waals surface area contributed by atoms with Gasteiger partial charge in [0.25, 0.3) is 0 Å². The van der Waals surface area contributed by atoms with Crippen LogP contribution in [0.3, 0.4) is 0 Å². The van der Waals surface area contributed by atoms with Gasteiger partial charge in [-0.25, -0.2) is 4.98 Å². The molecule has 6 aromatic carbocycles. The molecule has 0 unspecified atom stereocenters. The first-order valence-corrected chi connectivity index (χ1v) is 19.4. The van der Waals surface area contributed by atoms with Crippen molar-refractivity contribution in [3.63, 3.8) is 0 Å². The lowest BCUT2D eigenvalue weighted by Gasteiger charge is -2.39. The molecular formula is C46H31N3O2Si. The number of ether oxygens (including phenoxy) is 2. The molecule has 3 aromatic heterocycles. The molecule has 0 radical (unpaired) electrons. The number of hydrogen-bond donors (Lipinski definition) is 0. The van der Waals surface area contributed by atoms with Crippen molar-refractivity contribution >= 4 is 50.8 Å². The largest absolute Gasteiger partial charge is 0.457 e. The Morgan fingerprint density at radius 1 is 0.519 bits per heavy atom. The molecule has 0 bridgehead atoms. The van der Waals surface area contributed by atoms with Gasteiger partial charge in [0, 0.05) is 34.8 Å². The molecule has 10 rings (SSSR count). The van der Waals surface area contributed by atoms with Crippen LogP contribution in [0.15, 0.2) is 188 Å². The van der Waals surface area contributed by atoms with Gasteiger partial charge >= 0.3 is 0 Å². The van der Waals surface area contributed by atoms with Crippen LogP contribution in [-0.4, -0.2) is 22.6 Å². The first kappa shape index (κ1) is 30.1. The third-order valence-corrected chi connectivity index (χ3v) is 14.9. The summed E-state index contributed by atoms with van der Waals surface area (Å²) in [6, 6.07) is 61.4. The van der Waals surface area contributed by atoms with E-state index >= 15 is 0 Å². The Balaban J connectivity index is 1.21. The van der Waals surface area contributed by atoms with Crippen molar-refractivity contribution in [1.29, 1.82) is 0 Å². The molecule has 0 atom stereocenters. The minimum atomic E-state index is -2.85. The van der Waals surface area contributed by atoms with Crippen molar-refractivity contribution in [1.82, 2.24) is 14.5 Å². The predicted molar refractivity (Wildman–Crippen MR) is 212 cm³/mol. The van der Waals surface area contributed by atoms with Crippen molar-refractivity contribution in [2.75, 3.05) is 0 Å². The van der Waals surface area contributed by atoms with E-state index in [2.05, 4.69) is 125 Å². The quantitative estimate of drug-likeness (QED) is 0.165. The summed E-state index contributed by atoms with van der Waals surface area (Å²) < 4.78 is 15.9. The molecule has 1 aliphatic heterocycles. The molecule has 4 heterocycles. The summed E-state index contributed by atoms with van der Waals surface area (Å²) in [6.07, 6.45) is 3.66. The number of hydrogen-bond acceptors (Lipinski definition) is 4. The Morgan fingerprint density at radius 2 is 1.23 bits per heavy atom. The van der Waals surface area contributed by atoms with E-state index in [-0.39, 0.29) is 0 Å². The van der Waals surface area contributed by atoms with E-state index < -0.39 is 8.07 Å². The number of aromatic nitrogens is 3. The van der Waals surface area contributed by atoms with Crippen LogP contribution in [0.25, 0.3) is 38.9 Å². The van der Waals surface area contributed by atoms with Gasteiger partial charge in [0.1, 0.15) is 22.9 Å². The molecule has 0 saturated carbocycles. The Bertz CT molecular complexity index is 2710. The minimum absolute atomic E-state index is 0.718. The maximum absolute atomic E-state index is 7.11. The van der Waals surface area contributed by atoms with Gasteiger partial charge in [-0.1, -0.05) is 115 Å². The van der Waals surface area contributed by atoms with Crippen molar-refractivity contribution < 1.29 is 9.47 Å². The van der Waals surface area contributed by atoms with Crippen LogP contribution in [0.4, 0.5) is 0 Å². The van der Waals surface area contributed by atoms with E-state index in [4.69, 9.17) is 14.5 Å². The SMILES string of the molecule is c1ccc([Si]2(c3ccccc3)c3ccccc3Oc3c2ccc2c4cccnc4n(-c4cccc(Oc5cccc(-c6ccccn6)c5)c4)c32)cc1. The molecule has 0 saturated heterocycles. The molecule has 0 spiro atoms. The number of nitrogens with zero attached hydrogens (tertiary/aromatic N) is 3. The fraction of sp³-hybridized carbons (Fsp3) is 0. The van der Waals surface area contributed by atoms with E-state index in [1.54, 1.807) is 6.20 Å². The van der Waals surface area contributed by atoms with Crippen molar-refractivity contribution in [3.8, 4) is 39.9 Å². The number of benzene rings is 6. The van der Waals surface area contributed by atoms with Crippen LogP contribution in [0.1, 0.15) is 0 Å². The molecule has 0 aliphatic carbocycles. The van der Waals surface area contributed by atoms with Crippen molar-refractivity contribution in [3.05, 3.63) is 188 Å². The minimum Gasteiger partial charge on any atom is -0.457 e. The summed E-state index contributed by atoms with van der Waals surface area (Å²) in [6.45, 7) is 0. The smallest absolute Gasteiger partial charge is 0.188 e. The molecule has 9 aromatic rings. The first-order valence-electron chi connectivity index (χ1n) is 17.4. The number of para-hydroxylation sites is 1.